The number of rotatable bonds is 5. The summed E-state index contributed by atoms with van der Waals surface area (Å²) in [6.45, 7) is 2.06. The first kappa shape index (κ1) is 18.6. The van der Waals surface area contributed by atoms with Crippen LogP contribution in [0.1, 0.15) is 24.1 Å². The zero-order chi connectivity index (χ0) is 20.0. The van der Waals surface area contributed by atoms with E-state index in [0.29, 0.717) is 19.0 Å². The number of hydrogen-bond donors (Lipinski definition) is 0. The smallest absolute Gasteiger partial charge is 0.258 e. The van der Waals surface area contributed by atoms with E-state index in [2.05, 4.69) is 17.5 Å². The predicted molar refractivity (Wildman–Crippen MR) is 115 cm³/mol. The van der Waals surface area contributed by atoms with Crippen LogP contribution >= 0.6 is 11.3 Å². The lowest BCUT2D eigenvalue weighted by Crippen LogP contribution is -2.41. The SMILES string of the molecule is COCC(=O)N1CCc2c(cc(-c3cccc4ccsc34)c(=O)n2CC2CC2)C1. The molecule has 0 atom stereocenters. The van der Waals surface area contributed by atoms with Crippen molar-refractivity contribution in [2.75, 3.05) is 20.3 Å². The van der Waals surface area contributed by atoms with Gasteiger partial charge < -0.3 is 14.2 Å². The van der Waals surface area contributed by atoms with Crippen molar-refractivity contribution in [3.63, 3.8) is 0 Å². The van der Waals surface area contributed by atoms with Crippen molar-refractivity contribution in [1.82, 2.24) is 9.47 Å². The number of benzene rings is 1. The highest BCUT2D eigenvalue weighted by atomic mass is 32.1. The molecule has 0 saturated heterocycles. The average Bonchev–Trinajstić information content (AvgIpc) is 3.42. The minimum absolute atomic E-state index is 0.00000115. The molecule has 1 amide bonds. The summed E-state index contributed by atoms with van der Waals surface area (Å²) in [7, 11) is 1.54. The van der Waals surface area contributed by atoms with Crippen molar-refractivity contribution in [3.05, 3.63) is 57.3 Å². The van der Waals surface area contributed by atoms with Gasteiger partial charge in [0.15, 0.2) is 0 Å². The van der Waals surface area contributed by atoms with Crippen LogP contribution in [0.5, 0.6) is 0 Å². The van der Waals surface area contributed by atoms with Gasteiger partial charge in [0.05, 0.1) is 0 Å². The van der Waals surface area contributed by atoms with Crippen LogP contribution in [-0.2, 0) is 29.0 Å². The van der Waals surface area contributed by atoms with E-state index in [1.807, 2.05) is 27.7 Å². The summed E-state index contributed by atoms with van der Waals surface area (Å²) < 4.78 is 8.19. The Kier molecular flexibility index (Phi) is 4.76. The van der Waals surface area contributed by atoms with Gasteiger partial charge in [0.25, 0.3) is 5.56 Å². The van der Waals surface area contributed by atoms with Crippen LogP contribution in [0.4, 0.5) is 0 Å². The van der Waals surface area contributed by atoms with Gasteiger partial charge in [-0.15, -0.1) is 11.3 Å². The maximum absolute atomic E-state index is 13.6. The number of fused-ring (bicyclic) bond motifs is 2. The Labute approximate surface area is 173 Å². The lowest BCUT2D eigenvalue weighted by atomic mass is 9.98. The van der Waals surface area contributed by atoms with Crippen LogP contribution in [0.15, 0.2) is 40.5 Å². The van der Waals surface area contributed by atoms with Gasteiger partial charge in [0.1, 0.15) is 6.61 Å². The highest BCUT2D eigenvalue weighted by Crippen LogP contribution is 2.35. The van der Waals surface area contributed by atoms with Gasteiger partial charge in [0.2, 0.25) is 5.91 Å². The van der Waals surface area contributed by atoms with Crippen LogP contribution in [-0.4, -0.2) is 35.6 Å². The van der Waals surface area contributed by atoms with E-state index >= 15 is 0 Å². The molecule has 0 bridgehead atoms. The van der Waals surface area contributed by atoms with E-state index in [-0.39, 0.29) is 18.1 Å². The number of methoxy groups -OCH3 is 1. The quantitative estimate of drug-likeness (QED) is 0.647. The molecule has 29 heavy (non-hydrogen) atoms. The second kappa shape index (κ2) is 7.43. The summed E-state index contributed by atoms with van der Waals surface area (Å²) in [6.07, 6.45) is 3.12. The van der Waals surface area contributed by atoms with Gasteiger partial charge in [-0.05, 0) is 47.2 Å². The molecule has 2 aliphatic rings. The zero-order valence-electron chi connectivity index (χ0n) is 16.5. The van der Waals surface area contributed by atoms with Crippen LogP contribution in [0, 0.1) is 5.92 Å². The fourth-order valence-corrected chi connectivity index (χ4v) is 5.22. The maximum atomic E-state index is 13.6. The number of amides is 1. The van der Waals surface area contributed by atoms with Crippen molar-refractivity contribution < 1.29 is 9.53 Å². The van der Waals surface area contributed by atoms with E-state index in [9.17, 15) is 9.59 Å². The van der Waals surface area contributed by atoms with Crippen molar-refractivity contribution in [1.29, 1.82) is 0 Å². The number of ether oxygens (including phenoxy) is 1. The van der Waals surface area contributed by atoms with E-state index in [4.69, 9.17) is 4.74 Å². The highest BCUT2D eigenvalue weighted by Gasteiger charge is 2.29. The van der Waals surface area contributed by atoms with E-state index < -0.39 is 0 Å². The van der Waals surface area contributed by atoms with Crippen LogP contribution in [0.2, 0.25) is 0 Å². The van der Waals surface area contributed by atoms with E-state index in [0.717, 1.165) is 45.4 Å². The summed E-state index contributed by atoms with van der Waals surface area (Å²) in [5.41, 5.74) is 4.04. The highest BCUT2D eigenvalue weighted by molar-refractivity contribution is 7.17. The molecular formula is C23H24N2O3S. The monoisotopic (exact) mass is 408 g/mol. The topological polar surface area (TPSA) is 51.5 Å². The largest absolute Gasteiger partial charge is 0.375 e. The van der Waals surface area contributed by atoms with Gasteiger partial charge in [-0.1, -0.05) is 18.2 Å². The minimum atomic E-state index is 0.00000115. The number of aromatic nitrogens is 1. The zero-order valence-corrected chi connectivity index (χ0v) is 17.3. The third kappa shape index (κ3) is 3.40. The molecule has 150 valence electrons. The first-order valence-electron chi connectivity index (χ1n) is 10.1. The molecule has 3 heterocycles. The van der Waals surface area contributed by atoms with Crippen LogP contribution in [0.25, 0.3) is 21.2 Å². The molecule has 6 heteroatoms. The molecule has 0 unspecified atom stereocenters. The first-order chi connectivity index (χ1) is 14.2. The van der Waals surface area contributed by atoms with Crippen molar-refractivity contribution in [2.24, 2.45) is 5.92 Å². The van der Waals surface area contributed by atoms with E-state index in [1.165, 1.54) is 12.8 Å². The van der Waals surface area contributed by atoms with Crippen molar-refractivity contribution in [2.45, 2.75) is 32.4 Å². The number of hydrogen-bond acceptors (Lipinski definition) is 4. The fraction of sp³-hybridized carbons (Fsp3) is 0.391. The molecule has 1 fully saturated rings. The van der Waals surface area contributed by atoms with E-state index in [1.54, 1.807) is 18.4 Å². The Balaban J connectivity index is 1.64. The standard InChI is InChI=1S/C23H24N2O3S/c1-28-14-21(26)24-9-7-20-17(13-24)11-19(23(27)25(20)12-15-5-6-15)18-4-2-3-16-8-10-29-22(16)18/h2-4,8,10-11,15H,5-7,9,12-14H2,1H3. The Morgan fingerprint density at radius 3 is 2.90 bits per heavy atom. The summed E-state index contributed by atoms with van der Waals surface area (Å²) in [5, 5.41) is 3.23. The Morgan fingerprint density at radius 2 is 2.10 bits per heavy atom. The molecule has 5 rings (SSSR count). The summed E-state index contributed by atoms with van der Waals surface area (Å²) in [4.78, 5) is 27.8. The number of thiophene rings is 1. The number of carbonyl (C=O) groups excluding carboxylic acids is 1. The number of carbonyl (C=O) groups is 1. The molecule has 0 spiro atoms. The fourth-order valence-electron chi connectivity index (χ4n) is 4.30. The molecule has 1 saturated carbocycles. The molecule has 1 aliphatic heterocycles. The normalized spacial score (nSPS) is 16.2. The Hall–Kier alpha value is -2.44. The summed E-state index contributed by atoms with van der Waals surface area (Å²) in [5.74, 6) is 0.609. The molecule has 1 aliphatic carbocycles. The van der Waals surface area contributed by atoms with Crippen molar-refractivity contribution in [3.8, 4) is 11.1 Å². The molecule has 0 N–H and O–H groups in total. The molecule has 3 aromatic rings. The second-order valence-electron chi connectivity index (χ2n) is 8.03. The summed E-state index contributed by atoms with van der Waals surface area (Å²) in [6, 6.07) is 10.3. The Morgan fingerprint density at radius 1 is 1.24 bits per heavy atom. The minimum Gasteiger partial charge on any atom is -0.375 e. The third-order valence-corrected chi connectivity index (χ3v) is 6.96. The third-order valence-electron chi connectivity index (χ3n) is 6.00. The lowest BCUT2D eigenvalue weighted by Gasteiger charge is -2.31. The lowest BCUT2D eigenvalue weighted by molar-refractivity contribution is -0.136. The number of pyridine rings is 1. The second-order valence-corrected chi connectivity index (χ2v) is 8.95. The molecule has 0 radical (unpaired) electrons. The molecule has 5 nitrogen and oxygen atoms in total. The van der Waals surface area contributed by atoms with Gasteiger partial charge in [-0.3, -0.25) is 9.59 Å². The maximum Gasteiger partial charge on any atom is 0.258 e. The summed E-state index contributed by atoms with van der Waals surface area (Å²) >= 11 is 1.67. The molecular weight excluding hydrogens is 384 g/mol. The molecule has 1 aromatic carbocycles. The van der Waals surface area contributed by atoms with Crippen LogP contribution < -0.4 is 5.56 Å². The first-order valence-corrected chi connectivity index (χ1v) is 11.0. The molecule has 2 aromatic heterocycles. The predicted octanol–water partition coefficient (Wildman–Crippen LogP) is 3.67. The van der Waals surface area contributed by atoms with Gasteiger partial charge in [0, 0.05) is 54.7 Å². The van der Waals surface area contributed by atoms with Gasteiger partial charge in [-0.25, -0.2) is 0 Å². The Bertz CT molecular complexity index is 1140. The van der Waals surface area contributed by atoms with Gasteiger partial charge in [-0.2, -0.15) is 0 Å². The van der Waals surface area contributed by atoms with Crippen molar-refractivity contribution >= 4 is 27.3 Å². The van der Waals surface area contributed by atoms with Crippen LogP contribution in [0.3, 0.4) is 0 Å². The average molecular weight is 409 g/mol. The number of nitrogens with zero attached hydrogens (tertiary/aromatic N) is 2. The van der Waals surface area contributed by atoms with Gasteiger partial charge >= 0.3 is 0 Å².